The van der Waals surface area contributed by atoms with Crippen LogP contribution in [0.4, 0.5) is 5.69 Å². The van der Waals surface area contributed by atoms with Gasteiger partial charge in [0.15, 0.2) is 0 Å². The van der Waals surface area contributed by atoms with E-state index in [9.17, 15) is 4.79 Å². The van der Waals surface area contributed by atoms with Crippen LogP contribution in [-0.4, -0.2) is 41.5 Å². The minimum Gasteiger partial charge on any atom is -0.308 e. The van der Waals surface area contributed by atoms with Gasteiger partial charge in [-0.15, -0.1) is 0 Å². The fraction of sp³-hybridized carbons (Fsp3) is 0.500. The molecule has 5 heteroatoms. The van der Waals surface area contributed by atoms with Crippen LogP contribution in [0.5, 0.6) is 0 Å². The molecule has 1 aromatic rings. The number of amides is 1. The number of aromatic nitrogens is 1. The molecule has 2 fully saturated rings. The lowest BCUT2D eigenvalue weighted by Crippen LogP contribution is -2.54. The van der Waals surface area contributed by atoms with Crippen molar-refractivity contribution in [2.75, 3.05) is 24.5 Å². The Balaban J connectivity index is 1.84. The fourth-order valence-electron chi connectivity index (χ4n) is 2.68. The number of rotatable bonds is 1. The molecule has 17 heavy (non-hydrogen) atoms. The van der Waals surface area contributed by atoms with Crippen molar-refractivity contribution in [1.82, 2.24) is 9.88 Å². The average Bonchev–Trinajstić information content (AvgIpc) is 2.80. The zero-order valence-corrected chi connectivity index (χ0v) is 11.6. The summed E-state index contributed by atoms with van der Waals surface area (Å²) in [6, 6.07) is 4.05. The largest absolute Gasteiger partial charge is 0.308 e. The number of nitrogens with zero attached hydrogens (tertiary/aromatic N) is 3. The summed E-state index contributed by atoms with van der Waals surface area (Å²) in [6.45, 7) is 2.86. The van der Waals surface area contributed by atoms with Crippen LogP contribution in [0.1, 0.15) is 12.8 Å². The van der Waals surface area contributed by atoms with Gasteiger partial charge in [0.2, 0.25) is 5.91 Å². The SMILES string of the molecule is O=C1[C@@H]2CCCN2CCN1c1ccc(I)nc1. The van der Waals surface area contributed by atoms with Gasteiger partial charge in [0, 0.05) is 13.1 Å². The Bertz CT molecular complexity index is 434. The zero-order valence-electron chi connectivity index (χ0n) is 9.47. The number of carbonyl (C=O) groups excluding carboxylic acids is 1. The number of pyridine rings is 1. The standard InChI is InChI=1S/C12H14IN3O/c13-11-4-3-9(8-14-11)16-7-6-15-5-1-2-10(15)12(16)17/h3-4,8,10H,1-2,5-7H2/t10-/m0/s1. The monoisotopic (exact) mass is 343 g/mol. The number of carbonyl (C=O) groups is 1. The van der Waals surface area contributed by atoms with Gasteiger partial charge in [-0.25, -0.2) is 4.98 Å². The predicted octanol–water partition coefficient (Wildman–Crippen LogP) is 1.50. The van der Waals surface area contributed by atoms with E-state index in [0.29, 0.717) is 0 Å². The molecule has 3 heterocycles. The maximum atomic E-state index is 12.3. The third kappa shape index (κ3) is 2.06. The van der Waals surface area contributed by atoms with Crippen molar-refractivity contribution in [3.05, 3.63) is 22.0 Å². The summed E-state index contributed by atoms with van der Waals surface area (Å²) in [7, 11) is 0. The molecular weight excluding hydrogens is 329 g/mol. The molecule has 1 amide bonds. The molecule has 0 radical (unpaired) electrons. The molecule has 0 bridgehead atoms. The van der Waals surface area contributed by atoms with Gasteiger partial charge in [-0.05, 0) is 54.1 Å². The van der Waals surface area contributed by atoms with Crippen LogP contribution in [0.2, 0.25) is 0 Å². The first-order valence-corrected chi connectivity index (χ1v) is 7.00. The summed E-state index contributed by atoms with van der Waals surface area (Å²) in [5.41, 5.74) is 0.932. The molecule has 3 rings (SSSR count). The second kappa shape index (κ2) is 4.53. The molecule has 0 aromatic carbocycles. The molecule has 2 aliphatic rings. The topological polar surface area (TPSA) is 36.4 Å². The number of piperazine rings is 1. The van der Waals surface area contributed by atoms with E-state index >= 15 is 0 Å². The van der Waals surface area contributed by atoms with Crippen LogP contribution in [0.15, 0.2) is 18.3 Å². The van der Waals surface area contributed by atoms with E-state index in [1.54, 1.807) is 6.20 Å². The van der Waals surface area contributed by atoms with E-state index in [0.717, 1.165) is 41.9 Å². The molecule has 1 atom stereocenters. The summed E-state index contributed by atoms with van der Waals surface area (Å²) in [5.74, 6) is 0.247. The highest BCUT2D eigenvalue weighted by atomic mass is 127. The lowest BCUT2D eigenvalue weighted by molar-refractivity contribution is -0.124. The van der Waals surface area contributed by atoms with E-state index in [1.807, 2.05) is 17.0 Å². The molecule has 0 N–H and O–H groups in total. The number of halogens is 1. The van der Waals surface area contributed by atoms with Gasteiger partial charge in [0.05, 0.1) is 17.9 Å². The summed E-state index contributed by atoms with van der Waals surface area (Å²) in [4.78, 5) is 20.8. The van der Waals surface area contributed by atoms with Gasteiger partial charge >= 0.3 is 0 Å². The first-order chi connectivity index (χ1) is 8.25. The summed E-state index contributed by atoms with van der Waals surface area (Å²) in [6.07, 6.45) is 3.95. The van der Waals surface area contributed by atoms with Gasteiger partial charge in [-0.3, -0.25) is 9.69 Å². The third-order valence-corrected chi connectivity index (χ3v) is 4.19. The lowest BCUT2D eigenvalue weighted by atomic mass is 10.1. The fourth-order valence-corrected chi connectivity index (χ4v) is 3.00. The van der Waals surface area contributed by atoms with Crippen molar-refractivity contribution in [2.45, 2.75) is 18.9 Å². The molecule has 0 unspecified atom stereocenters. The van der Waals surface area contributed by atoms with Crippen LogP contribution in [0, 0.1) is 3.70 Å². The summed E-state index contributed by atoms with van der Waals surface area (Å²) < 4.78 is 0.957. The molecular formula is C12H14IN3O. The van der Waals surface area contributed by atoms with Gasteiger partial charge in [0.25, 0.3) is 0 Å². The Hall–Kier alpha value is -0.690. The Morgan fingerprint density at radius 2 is 2.18 bits per heavy atom. The van der Waals surface area contributed by atoms with E-state index in [1.165, 1.54) is 0 Å². The number of fused-ring (bicyclic) bond motifs is 1. The molecule has 2 saturated heterocycles. The van der Waals surface area contributed by atoms with Gasteiger partial charge < -0.3 is 4.90 Å². The molecule has 0 spiro atoms. The maximum Gasteiger partial charge on any atom is 0.244 e. The Morgan fingerprint density at radius 3 is 2.94 bits per heavy atom. The molecule has 4 nitrogen and oxygen atoms in total. The van der Waals surface area contributed by atoms with Crippen molar-refractivity contribution in [1.29, 1.82) is 0 Å². The van der Waals surface area contributed by atoms with Crippen molar-refractivity contribution < 1.29 is 4.79 Å². The summed E-state index contributed by atoms with van der Waals surface area (Å²) in [5, 5.41) is 0. The van der Waals surface area contributed by atoms with E-state index < -0.39 is 0 Å². The number of hydrogen-bond acceptors (Lipinski definition) is 3. The molecule has 1 aromatic heterocycles. The highest BCUT2D eigenvalue weighted by molar-refractivity contribution is 14.1. The van der Waals surface area contributed by atoms with E-state index in [4.69, 9.17) is 0 Å². The van der Waals surface area contributed by atoms with Gasteiger partial charge in [-0.2, -0.15) is 0 Å². The van der Waals surface area contributed by atoms with Crippen LogP contribution in [0.25, 0.3) is 0 Å². The predicted molar refractivity (Wildman–Crippen MR) is 73.9 cm³/mol. The number of anilines is 1. The van der Waals surface area contributed by atoms with E-state index in [-0.39, 0.29) is 11.9 Å². The second-order valence-electron chi connectivity index (χ2n) is 4.52. The highest BCUT2D eigenvalue weighted by Crippen LogP contribution is 2.26. The van der Waals surface area contributed by atoms with Gasteiger partial charge in [-0.1, -0.05) is 0 Å². The van der Waals surface area contributed by atoms with Crippen molar-refractivity contribution in [3.8, 4) is 0 Å². The molecule has 0 aliphatic carbocycles. The second-order valence-corrected chi connectivity index (χ2v) is 5.63. The smallest absolute Gasteiger partial charge is 0.244 e. The van der Waals surface area contributed by atoms with E-state index in [2.05, 4.69) is 32.5 Å². The summed E-state index contributed by atoms with van der Waals surface area (Å²) >= 11 is 2.17. The third-order valence-electron chi connectivity index (χ3n) is 3.55. The molecule has 2 aliphatic heterocycles. The first-order valence-electron chi connectivity index (χ1n) is 5.93. The van der Waals surface area contributed by atoms with Crippen molar-refractivity contribution in [3.63, 3.8) is 0 Å². The van der Waals surface area contributed by atoms with Crippen molar-refractivity contribution in [2.24, 2.45) is 0 Å². The minimum atomic E-state index is 0.114. The highest BCUT2D eigenvalue weighted by Gasteiger charge is 2.38. The van der Waals surface area contributed by atoms with Crippen LogP contribution in [-0.2, 0) is 4.79 Å². The van der Waals surface area contributed by atoms with Crippen molar-refractivity contribution >= 4 is 34.2 Å². The van der Waals surface area contributed by atoms with Crippen LogP contribution in [0.3, 0.4) is 0 Å². The maximum absolute atomic E-state index is 12.3. The Kier molecular flexibility index (Phi) is 3.04. The molecule has 0 saturated carbocycles. The normalized spacial score (nSPS) is 25.1. The van der Waals surface area contributed by atoms with Gasteiger partial charge in [0.1, 0.15) is 3.70 Å². The zero-order chi connectivity index (χ0) is 11.8. The minimum absolute atomic E-state index is 0.114. The van der Waals surface area contributed by atoms with Crippen LogP contribution < -0.4 is 4.90 Å². The number of hydrogen-bond donors (Lipinski definition) is 0. The molecule has 90 valence electrons. The quantitative estimate of drug-likeness (QED) is 0.573. The van der Waals surface area contributed by atoms with Crippen LogP contribution >= 0.6 is 22.6 Å². The first kappa shape index (κ1) is 11.4. The Labute approximate surface area is 114 Å². The Morgan fingerprint density at radius 1 is 1.29 bits per heavy atom. The lowest BCUT2D eigenvalue weighted by Gasteiger charge is -2.36. The average molecular weight is 343 g/mol.